The van der Waals surface area contributed by atoms with Gasteiger partial charge in [-0.3, -0.25) is 4.99 Å². The van der Waals surface area contributed by atoms with Crippen molar-refractivity contribution in [2.45, 2.75) is 45.4 Å². The number of carbonyl (C=O) groups excluding carboxylic acids is 1. The van der Waals surface area contributed by atoms with Crippen molar-refractivity contribution in [2.75, 3.05) is 20.1 Å². The first-order chi connectivity index (χ1) is 13.8. The molecule has 3 rings (SSSR count). The molecular formula is C21H29N5O3. The smallest absolute Gasteiger partial charge is 0.407 e. The minimum atomic E-state index is -0.504. The Labute approximate surface area is 171 Å². The lowest BCUT2D eigenvalue weighted by Crippen LogP contribution is -2.44. The van der Waals surface area contributed by atoms with Crippen LogP contribution in [0.25, 0.3) is 11.3 Å². The van der Waals surface area contributed by atoms with Gasteiger partial charge in [0.1, 0.15) is 11.3 Å². The average Bonchev–Trinajstić information content (AvgIpc) is 3.31. The molecule has 1 atom stereocenters. The van der Waals surface area contributed by atoms with Gasteiger partial charge in [-0.2, -0.15) is 0 Å². The summed E-state index contributed by atoms with van der Waals surface area (Å²) in [5, 5.41) is 10.4. The molecule has 0 saturated carbocycles. The number of aromatic nitrogens is 1. The SMILES string of the molecule is CN=C(NCc1cc(-c2ccccc2)on1)N1CCC(NC(=O)OC(C)(C)C)C1. The van der Waals surface area contributed by atoms with E-state index >= 15 is 0 Å². The van der Waals surface area contributed by atoms with Crippen molar-refractivity contribution >= 4 is 12.1 Å². The number of carbonyl (C=O) groups is 1. The number of benzene rings is 1. The molecule has 8 heteroatoms. The van der Waals surface area contributed by atoms with Crippen LogP contribution in [0.5, 0.6) is 0 Å². The molecule has 0 radical (unpaired) electrons. The number of nitrogens with zero attached hydrogens (tertiary/aromatic N) is 3. The van der Waals surface area contributed by atoms with Crippen LogP contribution in [0.1, 0.15) is 32.9 Å². The summed E-state index contributed by atoms with van der Waals surface area (Å²) < 4.78 is 10.8. The van der Waals surface area contributed by atoms with Crippen LogP contribution in [-0.2, 0) is 11.3 Å². The summed E-state index contributed by atoms with van der Waals surface area (Å²) >= 11 is 0. The van der Waals surface area contributed by atoms with Crippen molar-refractivity contribution in [1.82, 2.24) is 20.7 Å². The molecule has 1 aromatic carbocycles. The second kappa shape index (κ2) is 8.98. The van der Waals surface area contributed by atoms with Crippen LogP contribution in [0.2, 0.25) is 0 Å². The number of aliphatic imine (C=N–C) groups is 1. The first-order valence-corrected chi connectivity index (χ1v) is 9.80. The van der Waals surface area contributed by atoms with Crippen molar-refractivity contribution in [3.8, 4) is 11.3 Å². The summed E-state index contributed by atoms with van der Waals surface area (Å²) in [6.45, 7) is 7.54. The standard InChI is InChI=1S/C21H29N5O3/c1-21(2,3)28-20(27)24-16-10-11-26(14-16)19(22-4)23-13-17-12-18(29-25-17)15-8-6-5-7-9-15/h5-9,12,16H,10-11,13-14H2,1-4H3,(H,22,23)(H,24,27). The number of hydrogen-bond acceptors (Lipinski definition) is 5. The maximum Gasteiger partial charge on any atom is 0.407 e. The van der Waals surface area contributed by atoms with E-state index in [0.717, 1.165) is 35.9 Å². The van der Waals surface area contributed by atoms with Gasteiger partial charge in [0.25, 0.3) is 0 Å². The molecule has 1 amide bonds. The monoisotopic (exact) mass is 399 g/mol. The normalized spacial score (nSPS) is 17.3. The fraction of sp³-hybridized carbons (Fsp3) is 0.476. The van der Waals surface area contributed by atoms with E-state index in [0.29, 0.717) is 13.1 Å². The molecule has 1 aromatic heterocycles. The van der Waals surface area contributed by atoms with Gasteiger partial charge in [0.15, 0.2) is 11.7 Å². The van der Waals surface area contributed by atoms with Gasteiger partial charge in [0, 0.05) is 31.8 Å². The minimum Gasteiger partial charge on any atom is -0.444 e. The van der Waals surface area contributed by atoms with E-state index in [1.54, 1.807) is 7.05 Å². The molecule has 0 aliphatic carbocycles. The molecule has 1 unspecified atom stereocenters. The van der Waals surface area contributed by atoms with E-state index in [2.05, 4.69) is 25.7 Å². The highest BCUT2D eigenvalue weighted by Crippen LogP contribution is 2.19. The van der Waals surface area contributed by atoms with Gasteiger partial charge in [-0.15, -0.1) is 0 Å². The fourth-order valence-corrected chi connectivity index (χ4v) is 3.18. The van der Waals surface area contributed by atoms with Crippen molar-refractivity contribution in [3.05, 3.63) is 42.1 Å². The highest BCUT2D eigenvalue weighted by atomic mass is 16.6. The number of ether oxygens (including phenoxy) is 1. The summed E-state index contributed by atoms with van der Waals surface area (Å²) in [6.07, 6.45) is 0.450. The molecule has 29 heavy (non-hydrogen) atoms. The van der Waals surface area contributed by atoms with Crippen LogP contribution in [0, 0.1) is 0 Å². The molecule has 2 N–H and O–H groups in total. The van der Waals surface area contributed by atoms with Crippen molar-refractivity contribution in [3.63, 3.8) is 0 Å². The zero-order valence-corrected chi connectivity index (χ0v) is 17.4. The Balaban J connectivity index is 1.50. The number of guanidine groups is 1. The van der Waals surface area contributed by atoms with Gasteiger partial charge in [0.05, 0.1) is 12.6 Å². The molecule has 0 spiro atoms. The third-order valence-electron chi connectivity index (χ3n) is 4.47. The van der Waals surface area contributed by atoms with Crippen LogP contribution in [0.4, 0.5) is 4.79 Å². The molecule has 0 bridgehead atoms. The van der Waals surface area contributed by atoms with Gasteiger partial charge in [-0.25, -0.2) is 4.79 Å². The molecular weight excluding hydrogens is 370 g/mol. The Hall–Kier alpha value is -3.03. The summed E-state index contributed by atoms with van der Waals surface area (Å²) in [5.74, 6) is 1.50. The molecule has 2 aromatic rings. The van der Waals surface area contributed by atoms with Crippen molar-refractivity contribution < 1.29 is 14.1 Å². The predicted molar refractivity (Wildman–Crippen MR) is 111 cm³/mol. The Bertz CT molecular complexity index is 842. The Morgan fingerprint density at radius 2 is 2.10 bits per heavy atom. The van der Waals surface area contributed by atoms with E-state index in [9.17, 15) is 4.79 Å². The zero-order valence-electron chi connectivity index (χ0n) is 17.4. The van der Waals surface area contributed by atoms with Gasteiger partial charge in [-0.1, -0.05) is 35.5 Å². The molecule has 1 fully saturated rings. The van der Waals surface area contributed by atoms with E-state index < -0.39 is 5.60 Å². The number of hydrogen-bond donors (Lipinski definition) is 2. The molecule has 8 nitrogen and oxygen atoms in total. The minimum absolute atomic E-state index is 0.0279. The third-order valence-corrected chi connectivity index (χ3v) is 4.47. The Kier molecular flexibility index (Phi) is 6.41. The lowest BCUT2D eigenvalue weighted by Gasteiger charge is -2.23. The number of likely N-dealkylation sites (tertiary alicyclic amines) is 1. The van der Waals surface area contributed by atoms with E-state index in [1.165, 1.54) is 0 Å². The summed E-state index contributed by atoms with van der Waals surface area (Å²) in [6, 6.07) is 11.8. The quantitative estimate of drug-likeness (QED) is 0.607. The molecule has 1 saturated heterocycles. The van der Waals surface area contributed by atoms with Gasteiger partial charge >= 0.3 is 6.09 Å². The molecule has 156 valence electrons. The lowest BCUT2D eigenvalue weighted by atomic mass is 10.2. The molecule has 1 aliphatic rings. The highest BCUT2D eigenvalue weighted by molar-refractivity contribution is 5.80. The Morgan fingerprint density at radius 3 is 2.79 bits per heavy atom. The van der Waals surface area contributed by atoms with Crippen LogP contribution in [0.3, 0.4) is 0 Å². The van der Waals surface area contributed by atoms with Crippen LogP contribution in [-0.4, -0.2) is 53.9 Å². The predicted octanol–water partition coefficient (Wildman–Crippen LogP) is 3.02. The van der Waals surface area contributed by atoms with Crippen LogP contribution >= 0.6 is 0 Å². The highest BCUT2D eigenvalue weighted by Gasteiger charge is 2.27. The number of rotatable bonds is 4. The second-order valence-electron chi connectivity index (χ2n) is 8.03. The summed E-state index contributed by atoms with van der Waals surface area (Å²) in [5.41, 5.74) is 1.29. The topological polar surface area (TPSA) is 92.0 Å². The van der Waals surface area contributed by atoms with Crippen LogP contribution in [0.15, 0.2) is 45.9 Å². The summed E-state index contributed by atoms with van der Waals surface area (Å²) in [7, 11) is 1.75. The Morgan fingerprint density at radius 1 is 1.34 bits per heavy atom. The fourth-order valence-electron chi connectivity index (χ4n) is 3.18. The van der Waals surface area contributed by atoms with Crippen LogP contribution < -0.4 is 10.6 Å². The number of nitrogens with one attached hydrogen (secondary N) is 2. The van der Waals surface area contributed by atoms with E-state index in [1.807, 2.05) is 57.2 Å². The maximum absolute atomic E-state index is 12.0. The van der Waals surface area contributed by atoms with Crippen molar-refractivity contribution in [2.24, 2.45) is 4.99 Å². The van der Waals surface area contributed by atoms with Gasteiger partial charge in [0.2, 0.25) is 0 Å². The zero-order chi connectivity index (χ0) is 20.9. The maximum atomic E-state index is 12.0. The molecule has 1 aliphatic heterocycles. The largest absolute Gasteiger partial charge is 0.444 e. The third kappa shape index (κ3) is 5.97. The first kappa shape index (κ1) is 20.7. The number of alkyl carbamates (subject to hydrolysis) is 1. The van der Waals surface area contributed by atoms with E-state index in [-0.39, 0.29) is 12.1 Å². The number of amides is 1. The van der Waals surface area contributed by atoms with Crippen molar-refractivity contribution in [1.29, 1.82) is 0 Å². The lowest BCUT2D eigenvalue weighted by molar-refractivity contribution is 0.0507. The first-order valence-electron chi connectivity index (χ1n) is 9.80. The van der Waals surface area contributed by atoms with E-state index in [4.69, 9.17) is 9.26 Å². The molecule has 2 heterocycles. The van der Waals surface area contributed by atoms with Gasteiger partial charge in [-0.05, 0) is 27.2 Å². The second-order valence-corrected chi connectivity index (χ2v) is 8.03. The van der Waals surface area contributed by atoms with Gasteiger partial charge < -0.3 is 24.8 Å². The average molecular weight is 399 g/mol. The summed E-state index contributed by atoms with van der Waals surface area (Å²) in [4.78, 5) is 18.4.